The van der Waals surface area contributed by atoms with Crippen LogP contribution in [-0.2, 0) is 11.3 Å². The summed E-state index contributed by atoms with van der Waals surface area (Å²) < 4.78 is 19.0. The van der Waals surface area contributed by atoms with Gasteiger partial charge in [-0.1, -0.05) is 6.07 Å². The molecule has 0 radical (unpaired) electrons. The molecule has 0 spiro atoms. The molecule has 0 aromatic heterocycles. The zero-order valence-electron chi connectivity index (χ0n) is 14.1. The van der Waals surface area contributed by atoms with Gasteiger partial charge in [0.15, 0.2) is 5.96 Å². The minimum Gasteiger partial charge on any atom is -0.383 e. The highest BCUT2D eigenvalue weighted by Gasteiger charge is 2.07. The van der Waals surface area contributed by atoms with E-state index in [0.717, 1.165) is 12.1 Å². The Labute approximate surface area is 132 Å². The first-order chi connectivity index (χ1) is 10.5. The average Bonchev–Trinajstić information content (AvgIpc) is 2.45. The summed E-state index contributed by atoms with van der Waals surface area (Å²) in [6, 6.07) is 5.34. The molecule has 0 saturated heterocycles. The lowest BCUT2D eigenvalue weighted by Gasteiger charge is -2.17. The number of nitrogens with one attached hydrogen (secondary N) is 2. The van der Waals surface area contributed by atoms with Crippen molar-refractivity contribution >= 4 is 11.6 Å². The lowest BCUT2D eigenvalue weighted by Crippen LogP contribution is -2.43. The number of hydrogen-bond donors (Lipinski definition) is 2. The number of anilines is 1. The lowest BCUT2D eigenvalue weighted by atomic mass is 10.2. The number of hydrogen-bond acceptors (Lipinski definition) is 3. The molecule has 0 aliphatic carbocycles. The van der Waals surface area contributed by atoms with Gasteiger partial charge in [-0.3, -0.25) is 0 Å². The summed E-state index contributed by atoms with van der Waals surface area (Å²) in [4.78, 5) is 6.23. The first kappa shape index (κ1) is 18.2. The summed E-state index contributed by atoms with van der Waals surface area (Å²) in [6.45, 7) is 5.79. The second-order valence-corrected chi connectivity index (χ2v) is 5.38. The highest BCUT2D eigenvalue weighted by Crippen LogP contribution is 2.18. The van der Waals surface area contributed by atoms with Gasteiger partial charge in [-0.25, -0.2) is 9.38 Å². The van der Waals surface area contributed by atoms with Crippen molar-refractivity contribution in [3.63, 3.8) is 0 Å². The predicted molar refractivity (Wildman–Crippen MR) is 90.0 cm³/mol. The predicted octanol–water partition coefficient (Wildman–Crippen LogP) is 1.98. The highest BCUT2D eigenvalue weighted by molar-refractivity contribution is 5.80. The van der Waals surface area contributed by atoms with Crippen LogP contribution >= 0.6 is 0 Å². The molecule has 0 aliphatic rings. The van der Waals surface area contributed by atoms with Crippen molar-refractivity contribution in [2.45, 2.75) is 26.4 Å². The third kappa shape index (κ3) is 5.89. The van der Waals surface area contributed by atoms with Crippen molar-refractivity contribution in [2.75, 3.05) is 39.3 Å². The lowest BCUT2D eigenvalue weighted by molar-refractivity contribution is 0.179. The number of methoxy groups -OCH3 is 1. The number of halogens is 1. The molecule has 1 aromatic carbocycles. The summed E-state index contributed by atoms with van der Waals surface area (Å²) in [7, 11) is 5.30. The van der Waals surface area contributed by atoms with Crippen molar-refractivity contribution < 1.29 is 9.13 Å². The zero-order valence-corrected chi connectivity index (χ0v) is 14.1. The second-order valence-electron chi connectivity index (χ2n) is 5.38. The second kappa shape index (κ2) is 9.25. The fourth-order valence-corrected chi connectivity index (χ4v) is 2.03. The number of nitrogens with zero attached hydrogens (tertiary/aromatic N) is 2. The standard InChI is InChI=1S/C16H27FN4O/c1-6-18-16(20-12(2)11-22-5)19-10-13-7-8-15(21(3)4)14(17)9-13/h7-9,12H,6,10-11H2,1-5H3,(H2,18,19,20). The quantitative estimate of drug-likeness (QED) is 0.597. The van der Waals surface area contributed by atoms with E-state index in [9.17, 15) is 4.39 Å². The van der Waals surface area contributed by atoms with Gasteiger partial charge in [0.2, 0.25) is 0 Å². The van der Waals surface area contributed by atoms with Gasteiger partial charge >= 0.3 is 0 Å². The van der Waals surface area contributed by atoms with E-state index < -0.39 is 0 Å². The third-order valence-electron chi connectivity index (χ3n) is 3.06. The molecule has 124 valence electrons. The molecule has 5 nitrogen and oxygen atoms in total. The van der Waals surface area contributed by atoms with E-state index in [0.29, 0.717) is 24.8 Å². The zero-order chi connectivity index (χ0) is 16.5. The molecule has 1 unspecified atom stereocenters. The molecular weight excluding hydrogens is 283 g/mol. The Kier molecular flexibility index (Phi) is 7.66. The minimum absolute atomic E-state index is 0.149. The average molecular weight is 310 g/mol. The summed E-state index contributed by atoms with van der Waals surface area (Å²) in [5.74, 6) is 0.465. The summed E-state index contributed by atoms with van der Waals surface area (Å²) in [5.41, 5.74) is 1.41. The molecule has 6 heteroatoms. The van der Waals surface area contributed by atoms with E-state index in [4.69, 9.17) is 4.74 Å². The van der Waals surface area contributed by atoms with Crippen LogP contribution in [-0.4, -0.2) is 46.4 Å². The van der Waals surface area contributed by atoms with Gasteiger partial charge in [0.25, 0.3) is 0 Å². The maximum atomic E-state index is 13.9. The van der Waals surface area contributed by atoms with Crippen LogP contribution in [0.3, 0.4) is 0 Å². The molecule has 0 heterocycles. The first-order valence-corrected chi connectivity index (χ1v) is 7.47. The van der Waals surface area contributed by atoms with Gasteiger partial charge in [0.05, 0.1) is 18.8 Å². The van der Waals surface area contributed by atoms with Crippen LogP contribution in [0.4, 0.5) is 10.1 Å². The molecular formula is C16H27FN4O. The van der Waals surface area contributed by atoms with E-state index in [2.05, 4.69) is 15.6 Å². The SMILES string of the molecule is CCNC(=NCc1ccc(N(C)C)c(F)c1)NC(C)COC. The number of guanidine groups is 1. The van der Waals surface area contributed by atoms with Crippen molar-refractivity contribution in [1.29, 1.82) is 0 Å². The van der Waals surface area contributed by atoms with Crippen molar-refractivity contribution in [3.8, 4) is 0 Å². The Balaban J connectivity index is 2.75. The maximum Gasteiger partial charge on any atom is 0.191 e. The van der Waals surface area contributed by atoms with Gasteiger partial charge in [0.1, 0.15) is 5.82 Å². The molecule has 0 fully saturated rings. The molecule has 22 heavy (non-hydrogen) atoms. The molecule has 1 aromatic rings. The monoisotopic (exact) mass is 310 g/mol. The summed E-state index contributed by atoms with van der Waals surface area (Å²) in [5, 5.41) is 6.41. The van der Waals surface area contributed by atoms with Crippen LogP contribution in [0, 0.1) is 5.82 Å². The molecule has 0 amide bonds. The maximum absolute atomic E-state index is 13.9. The molecule has 1 atom stereocenters. The van der Waals surface area contributed by atoms with E-state index >= 15 is 0 Å². The van der Waals surface area contributed by atoms with Crippen molar-refractivity contribution in [3.05, 3.63) is 29.6 Å². The van der Waals surface area contributed by atoms with Crippen LogP contribution in [0.15, 0.2) is 23.2 Å². The first-order valence-electron chi connectivity index (χ1n) is 7.47. The minimum atomic E-state index is -0.233. The highest BCUT2D eigenvalue weighted by atomic mass is 19.1. The Hall–Kier alpha value is -1.82. The van der Waals surface area contributed by atoms with Gasteiger partial charge in [-0.05, 0) is 31.5 Å². The van der Waals surface area contributed by atoms with Crippen LogP contribution in [0.25, 0.3) is 0 Å². The van der Waals surface area contributed by atoms with Gasteiger partial charge in [-0.2, -0.15) is 0 Å². The molecule has 0 saturated carbocycles. The number of aliphatic imine (C=N–C) groups is 1. The number of benzene rings is 1. The molecule has 0 bridgehead atoms. The molecule has 0 aliphatic heterocycles. The van der Waals surface area contributed by atoms with Crippen molar-refractivity contribution in [2.24, 2.45) is 4.99 Å². The van der Waals surface area contributed by atoms with Gasteiger partial charge in [0, 0.05) is 33.8 Å². The Morgan fingerprint density at radius 1 is 1.41 bits per heavy atom. The Bertz CT molecular complexity index is 491. The number of ether oxygens (including phenoxy) is 1. The fourth-order valence-electron chi connectivity index (χ4n) is 2.03. The largest absolute Gasteiger partial charge is 0.383 e. The van der Waals surface area contributed by atoms with Gasteiger partial charge < -0.3 is 20.3 Å². The van der Waals surface area contributed by atoms with Crippen molar-refractivity contribution in [1.82, 2.24) is 10.6 Å². The normalized spacial score (nSPS) is 12.9. The molecule has 1 rings (SSSR count). The topological polar surface area (TPSA) is 48.9 Å². The summed E-state index contributed by atoms with van der Waals surface area (Å²) >= 11 is 0. The smallest absolute Gasteiger partial charge is 0.191 e. The van der Waals surface area contributed by atoms with E-state index in [1.807, 2.05) is 34.0 Å². The third-order valence-corrected chi connectivity index (χ3v) is 3.06. The van der Waals surface area contributed by atoms with Crippen LogP contribution < -0.4 is 15.5 Å². The number of rotatable bonds is 7. The van der Waals surface area contributed by atoms with Crippen LogP contribution in [0.5, 0.6) is 0 Å². The fraction of sp³-hybridized carbons (Fsp3) is 0.562. The summed E-state index contributed by atoms with van der Waals surface area (Å²) in [6.07, 6.45) is 0. The van der Waals surface area contributed by atoms with Crippen LogP contribution in [0.1, 0.15) is 19.4 Å². The van der Waals surface area contributed by atoms with Gasteiger partial charge in [-0.15, -0.1) is 0 Å². The van der Waals surface area contributed by atoms with E-state index in [1.165, 1.54) is 6.07 Å². The van der Waals surface area contributed by atoms with Crippen LogP contribution in [0.2, 0.25) is 0 Å². The van der Waals surface area contributed by atoms with E-state index in [-0.39, 0.29) is 11.9 Å². The molecule has 2 N–H and O–H groups in total. The Morgan fingerprint density at radius 3 is 2.68 bits per heavy atom. The Morgan fingerprint density at radius 2 is 2.14 bits per heavy atom. The van der Waals surface area contributed by atoms with E-state index in [1.54, 1.807) is 18.1 Å².